The van der Waals surface area contributed by atoms with E-state index in [0.29, 0.717) is 19.4 Å². The number of imidazole rings is 1. The molecule has 0 aliphatic carbocycles. The summed E-state index contributed by atoms with van der Waals surface area (Å²) in [5.74, 6) is -0.513. The average Bonchev–Trinajstić information content (AvgIpc) is 3.14. The van der Waals surface area contributed by atoms with Gasteiger partial charge in [-0.2, -0.15) is 4.31 Å². The molecule has 25 heavy (non-hydrogen) atoms. The molecule has 2 heterocycles. The van der Waals surface area contributed by atoms with Crippen LogP contribution in [0.25, 0.3) is 0 Å². The normalized spacial score (nSPS) is 18.9. The average molecular weight is 362 g/mol. The number of aromatic nitrogens is 2. The Kier molecular flexibility index (Phi) is 4.91. The SMILES string of the molecule is Cc1ccc(NC(=O)[C@@H]2CCCN(S(=O)(=O)c3cnc[nH]3)C2)cc1C. The van der Waals surface area contributed by atoms with Gasteiger partial charge in [-0.15, -0.1) is 0 Å². The van der Waals surface area contributed by atoms with E-state index in [1.807, 2.05) is 32.0 Å². The monoisotopic (exact) mass is 362 g/mol. The number of aromatic amines is 1. The molecule has 1 aromatic carbocycles. The minimum Gasteiger partial charge on any atom is -0.335 e. The van der Waals surface area contributed by atoms with Crippen molar-refractivity contribution in [1.82, 2.24) is 14.3 Å². The van der Waals surface area contributed by atoms with Gasteiger partial charge in [0.05, 0.1) is 18.4 Å². The number of carbonyl (C=O) groups is 1. The van der Waals surface area contributed by atoms with Crippen molar-refractivity contribution in [2.24, 2.45) is 5.92 Å². The van der Waals surface area contributed by atoms with Crippen LogP contribution in [0, 0.1) is 19.8 Å². The highest BCUT2D eigenvalue weighted by atomic mass is 32.2. The zero-order valence-electron chi connectivity index (χ0n) is 14.3. The molecule has 0 spiro atoms. The minimum absolute atomic E-state index is 0.0581. The third-order valence-corrected chi connectivity index (χ3v) is 6.41. The largest absolute Gasteiger partial charge is 0.335 e. The minimum atomic E-state index is -3.64. The molecule has 1 fully saturated rings. The number of carbonyl (C=O) groups excluding carboxylic acids is 1. The first-order chi connectivity index (χ1) is 11.9. The second-order valence-electron chi connectivity index (χ2n) is 6.41. The van der Waals surface area contributed by atoms with Gasteiger partial charge in [0.25, 0.3) is 10.0 Å². The highest BCUT2D eigenvalue weighted by molar-refractivity contribution is 7.89. The lowest BCUT2D eigenvalue weighted by atomic mass is 9.98. The molecule has 2 N–H and O–H groups in total. The van der Waals surface area contributed by atoms with Crippen molar-refractivity contribution >= 4 is 21.6 Å². The molecule has 7 nitrogen and oxygen atoms in total. The lowest BCUT2D eigenvalue weighted by Gasteiger charge is -2.30. The third kappa shape index (κ3) is 3.74. The van der Waals surface area contributed by atoms with E-state index < -0.39 is 10.0 Å². The summed E-state index contributed by atoms with van der Waals surface area (Å²) in [6.45, 7) is 4.59. The van der Waals surface area contributed by atoms with Gasteiger partial charge >= 0.3 is 0 Å². The molecule has 1 aromatic heterocycles. The number of rotatable bonds is 4. The van der Waals surface area contributed by atoms with Crippen LogP contribution in [0.4, 0.5) is 5.69 Å². The molecular formula is C17H22N4O3S. The van der Waals surface area contributed by atoms with Crippen LogP contribution in [0.1, 0.15) is 24.0 Å². The van der Waals surface area contributed by atoms with Gasteiger partial charge in [0.1, 0.15) is 0 Å². The molecule has 134 valence electrons. The summed E-state index contributed by atoms with van der Waals surface area (Å²) in [7, 11) is -3.64. The van der Waals surface area contributed by atoms with Crippen molar-refractivity contribution < 1.29 is 13.2 Å². The Morgan fingerprint density at radius 3 is 2.80 bits per heavy atom. The van der Waals surface area contributed by atoms with Crippen LogP contribution >= 0.6 is 0 Å². The first kappa shape index (κ1) is 17.6. The van der Waals surface area contributed by atoms with Gasteiger partial charge in [-0.1, -0.05) is 6.07 Å². The van der Waals surface area contributed by atoms with E-state index in [1.54, 1.807) is 0 Å². The van der Waals surface area contributed by atoms with Gasteiger partial charge in [-0.25, -0.2) is 13.4 Å². The Bertz CT molecular complexity index is 862. The van der Waals surface area contributed by atoms with Crippen LogP contribution in [0.5, 0.6) is 0 Å². The van der Waals surface area contributed by atoms with Crippen molar-refractivity contribution in [2.45, 2.75) is 31.7 Å². The maximum atomic E-state index is 12.6. The molecule has 8 heteroatoms. The van der Waals surface area contributed by atoms with Crippen LogP contribution in [0.2, 0.25) is 0 Å². The lowest BCUT2D eigenvalue weighted by molar-refractivity contribution is -0.120. The fourth-order valence-corrected chi connectivity index (χ4v) is 4.38. The zero-order chi connectivity index (χ0) is 18.0. The first-order valence-electron chi connectivity index (χ1n) is 8.24. The molecule has 0 bridgehead atoms. The predicted octanol–water partition coefficient (Wildman–Crippen LogP) is 2.07. The second kappa shape index (κ2) is 6.97. The molecule has 1 atom stereocenters. The van der Waals surface area contributed by atoms with E-state index in [1.165, 1.54) is 16.8 Å². The van der Waals surface area contributed by atoms with Gasteiger partial charge in [0.2, 0.25) is 5.91 Å². The first-order valence-corrected chi connectivity index (χ1v) is 9.68. The number of hydrogen-bond donors (Lipinski definition) is 2. The van der Waals surface area contributed by atoms with E-state index >= 15 is 0 Å². The van der Waals surface area contributed by atoms with Gasteiger partial charge in [-0.05, 0) is 49.9 Å². The van der Waals surface area contributed by atoms with Gasteiger partial charge in [0.15, 0.2) is 5.03 Å². The molecule has 1 aliphatic heterocycles. The Labute approximate surface area is 147 Å². The Morgan fingerprint density at radius 1 is 1.32 bits per heavy atom. The number of amides is 1. The maximum absolute atomic E-state index is 12.6. The topological polar surface area (TPSA) is 95.2 Å². The highest BCUT2D eigenvalue weighted by Gasteiger charge is 2.34. The number of H-pyrrole nitrogens is 1. The number of sulfonamides is 1. The fourth-order valence-electron chi connectivity index (χ4n) is 2.96. The molecular weight excluding hydrogens is 340 g/mol. The number of hydrogen-bond acceptors (Lipinski definition) is 4. The van der Waals surface area contributed by atoms with Gasteiger partial charge in [0, 0.05) is 18.8 Å². The van der Waals surface area contributed by atoms with Crippen LogP contribution in [0.3, 0.4) is 0 Å². The number of benzene rings is 1. The third-order valence-electron chi connectivity index (χ3n) is 4.62. The molecule has 0 saturated carbocycles. The van der Waals surface area contributed by atoms with Crippen molar-refractivity contribution in [3.05, 3.63) is 41.9 Å². The summed E-state index contributed by atoms with van der Waals surface area (Å²) >= 11 is 0. The molecule has 2 aromatic rings. The predicted molar refractivity (Wildman–Crippen MR) is 94.6 cm³/mol. The summed E-state index contributed by atoms with van der Waals surface area (Å²) < 4.78 is 26.5. The van der Waals surface area contributed by atoms with Crippen molar-refractivity contribution in [1.29, 1.82) is 0 Å². The van der Waals surface area contributed by atoms with E-state index in [9.17, 15) is 13.2 Å². The second-order valence-corrected chi connectivity index (χ2v) is 8.31. The molecule has 3 rings (SSSR count). The number of nitrogens with zero attached hydrogens (tertiary/aromatic N) is 2. The summed E-state index contributed by atoms with van der Waals surface area (Å²) in [6.07, 6.45) is 3.94. The fraction of sp³-hybridized carbons (Fsp3) is 0.412. The number of piperidine rings is 1. The quantitative estimate of drug-likeness (QED) is 0.870. The van der Waals surface area contributed by atoms with Crippen molar-refractivity contribution in [2.75, 3.05) is 18.4 Å². The van der Waals surface area contributed by atoms with Crippen molar-refractivity contribution in [3.8, 4) is 0 Å². The number of anilines is 1. The van der Waals surface area contributed by atoms with E-state index in [2.05, 4.69) is 15.3 Å². The van der Waals surface area contributed by atoms with Crippen LogP contribution < -0.4 is 5.32 Å². The summed E-state index contributed by atoms with van der Waals surface area (Å²) in [5, 5.41) is 2.96. The molecule has 0 radical (unpaired) electrons. The van der Waals surface area contributed by atoms with Gasteiger partial charge in [-0.3, -0.25) is 4.79 Å². The van der Waals surface area contributed by atoms with E-state index in [0.717, 1.165) is 16.8 Å². The Morgan fingerprint density at radius 2 is 2.12 bits per heavy atom. The maximum Gasteiger partial charge on any atom is 0.260 e. The van der Waals surface area contributed by atoms with Gasteiger partial charge < -0.3 is 10.3 Å². The Balaban J connectivity index is 1.70. The zero-order valence-corrected chi connectivity index (χ0v) is 15.1. The molecule has 0 unspecified atom stereocenters. The molecule has 1 aliphatic rings. The van der Waals surface area contributed by atoms with Crippen LogP contribution in [-0.2, 0) is 14.8 Å². The Hall–Kier alpha value is -2.19. The smallest absolute Gasteiger partial charge is 0.260 e. The summed E-state index contributed by atoms with van der Waals surface area (Å²) in [4.78, 5) is 19.0. The number of aryl methyl sites for hydroxylation is 2. The van der Waals surface area contributed by atoms with Crippen LogP contribution in [-0.4, -0.2) is 41.7 Å². The summed E-state index contributed by atoms with van der Waals surface area (Å²) in [5.41, 5.74) is 3.00. The lowest BCUT2D eigenvalue weighted by Crippen LogP contribution is -2.43. The standard InChI is InChI=1S/C17H22N4O3S/c1-12-5-6-15(8-13(12)2)20-17(22)14-4-3-7-21(10-14)25(23,24)16-9-18-11-19-16/h5-6,8-9,11,14H,3-4,7,10H2,1-2H3,(H,18,19)(H,20,22)/t14-/m1/s1. The summed E-state index contributed by atoms with van der Waals surface area (Å²) in [6, 6.07) is 5.75. The van der Waals surface area contributed by atoms with E-state index in [-0.39, 0.29) is 23.4 Å². The van der Waals surface area contributed by atoms with Crippen LogP contribution in [0.15, 0.2) is 35.7 Å². The molecule has 1 saturated heterocycles. The van der Waals surface area contributed by atoms with E-state index in [4.69, 9.17) is 0 Å². The number of nitrogens with one attached hydrogen (secondary N) is 2. The molecule has 1 amide bonds. The van der Waals surface area contributed by atoms with Crippen molar-refractivity contribution in [3.63, 3.8) is 0 Å². The highest BCUT2D eigenvalue weighted by Crippen LogP contribution is 2.24.